The second kappa shape index (κ2) is 4.67. The third kappa shape index (κ3) is 3.14. The van der Waals surface area contributed by atoms with Gasteiger partial charge in [0.2, 0.25) is 0 Å². The fourth-order valence-corrected chi connectivity index (χ4v) is 2.32. The Labute approximate surface area is 101 Å². The van der Waals surface area contributed by atoms with E-state index in [9.17, 15) is 8.42 Å². The van der Waals surface area contributed by atoms with E-state index < -0.39 is 9.84 Å². The zero-order chi connectivity index (χ0) is 12.3. The van der Waals surface area contributed by atoms with Crippen molar-refractivity contribution >= 4 is 9.84 Å². The number of rotatable bonds is 3. The maximum Gasteiger partial charge on any atom is 0.175 e. The van der Waals surface area contributed by atoms with Crippen molar-refractivity contribution in [3.05, 3.63) is 60.4 Å². The van der Waals surface area contributed by atoms with Gasteiger partial charge in [-0.05, 0) is 12.1 Å². The van der Waals surface area contributed by atoms with Crippen molar-refractivity contribution < 1.29 is 13.0 Å². The summed E-state index contributed by atoms with van der Waals surface area (Å²) in [5.74, 6) is 0. The van der Waals surface area contributed by atoms with E-state index >= 15 is 0 Å². The molecule has 0 aliphatic heterocycles. The second-order valence-corrected chi connectivity index (χ2v) is 5.98. The van der Waals surface area contributed by atoms with Gasteiger partial charge in [0, 0.05) is 24.0 Å². The summed E-state index contributed by atoms with van der Waals surface area (Å²) in [6.45, 7) is 0.671. The number of nitrogens with zero attached hydrogens (tertiary/aromatic N) is 1. The van der Waals surface area contributed by atoms with Crippen LogP contribution in [0.5, 0.6) is 0 Å². The smallest absolute Gasteiger partial charge is 0.175 e. The van der Waals surface area contributed by atoms with Gasteiger partial charge < -0.3 is 0 Å². The minimum absolute atomic E-state index is 0.367. The van der Waals surface area contributed by atoms with Gasteiger partial charge in [0.25, 0.3) is 0 Å². The molecule has 2 aromatic rings. The Balaban J connectivity index is 2.29. The molecule has 1 aromatic heterocycles. The highest BCUT2D eigenvalue weighted by molar-refractivity contribution is 7.90. The third-order valence-corrected chi connectivity index (χ3v) is 3.58. The molecule has 0 bridgehead atoms. The molecule has 88 valence electrons. The standard InChI is InChI=1S/C13H14NO2S/c1-17(15,16)13-7-5-6-12(10-13)11-14-8-3-2-4-9-14/h2-10H,11H2,1H3/q+1. The molecule has 0 fully saturated rings. The molecule has 0 saturated carbocycles. The minimum atomic E-state index is -3.13. The van der Waals surface area contributed by atoms with E-state index in [4.69, 9.17) is 0 Å². The Morgan fingerprint density at radius 2 is 1.76 bits per heavy atom. The molecule has 0 aliphatic rings. The molecule has 0 saturated heterocycles. The summed E-state index contributed by atoms with van der Waals surface area (Å²) >= 11 is 0. The molecule has 2 rings (SSSR count). The van der Waals surface area contributed by atoms with Crippen LogP contribution in [0, 0.1) is 0 Å². The number of hydrogen-bond acceptors (Lipinski definition) is 2. The summed E-state index contributed by atoms with van der Waals surface area (Å²) < 4.78 is 24.9. The lowest BCUT2D eigenvalue weighted by Gasteiger charge is -2.01. The van der Waals surface area contributed by atoms with Gasteiger partial charge in [0.05, 0.1) is 4.90 Å². The summed E-state index contributed by atoms with van der Waals surface area (Å²) in [6, 6.07) is 12.9. The van der Waals surface area contributed by atoms with Crippen LogP contribution in [0.3, 0.4) is 0 Å². The maximum atomic E-state index is 11.4. The lowest BCUT2D eigenvalue weighted by molar-refractivity contribution is -0.688. The molecule has 3 nitrogen and oxygen atoms in total. The van der Waals surface area contributed by atoms with E-state index in [1.54, 1.807) is 18.2 Å². The van der Waals surface area contributed by atoms with E-state index in [1.807, 2.05) is 41.2 Å². The molecular formula is C13H14NO2S+. The van der Waals surface area contributed by atoms with Crippen LogP contribution in [0.25, 0.3) is 0 Å². The van der Waals surface area contributed by atoms with Crippen LogP contribution in [0.1, 0.15) is 5.56 Å². The summed E-state index contributed by atoms with van der Waals surface area (Å²) in [5, 5.41) is 0. The molecule has 0 atom stereocenters. The molecule has 0 aliphatic carbocycles. The molecule has 0 radical (unpaired) electrons. The van der Waals surface area contributed by atoms with Crippen LogP contribution < -0.4 is 4.57 Å². The van der Waals surface area contributed by atoms with Gasteiger partial charge in [-0.15, -0.1) is 0 Å². The van der Waals surface area contributed by atoms with Crippen molar-refractivity contribution in [2.24, 2.45) is 0 Å². The van der Waals surface area contributed by atoms with Crippen LogP contribution in [-0.2, 0) is 16.4 Å². The lowest BCUT2D eigenvalue weighted by atomic mass is 10.2. The molecule has 4 heteroatoms. The summed E-state index contributed by atoms with van der Waals surface area (Å²) in [5.41, 5.74) is 0.976. The zero-order valence-electron chi connectivity index (χ0n) is 9.58. The molecule has 0 unspecified atom stereocenters. The van der Waals surface area contributed by atoms with E-state index in [0.717, 1.165) is 5.56 Å². The average molecular weight is 248 g/mol. The fraction of sp³-hybridized carbons (Fsp3) is 0.154. The predicted octanol–water partition coefficient (Wildman–Crippen LogP) is 1.43. The number of aromatic nitrogens is 1. The first-order valence-corrected chi connectivity index (χ1v) is 7.18. The molecule has 0 amide bonds. The van der Waals surface area contributed by atoms with Gasteiger partial charge in [-0.3, -0.25) is 0 Å². The molecule has 1 heterocycles. The number of hydrogen-bond donors (Lipinski definition) is 0. The van der Waals surface area contributed by atoms with Gasteiger partial charge in [-0.2, -0.15) is 0 Å². The lowest BCUT2D eigenvalue weighted by Crippen LogP contribution is -2.32. The van der Waals surface area contributed by atoms with Crippen molar-refractivity contribution in [3.8, 4) is 0 Å². The monoisotopic (exact) mass is 248 g/mol. The zero-order valence-corrected chi connectivity index (χ0v) is 10.4. The maximum absolute atomic E-state index is 11.4. The SMILES string of the molecule is CS(=O)(=O)c1cccc(C[n+]2ccccc2)c1. The third-order valence-electron chi connectivity index (χ3n) is 2.47. The number of pyridine rings is 1. The van der Waals surface area contributed by atoms with E-state index in [-0.39, 0.29) is 0 Å². The van der Waals surface area contributed by atoms with Gasteiger partial charge in [0.15, 0.2) is 28.8 Å². The van der Waals surface area contributed by atoms with Crippen LogP contribution in [-0.4, -0.2) is 14.7 Å². The summed E-state index contributed by atoms with van der Waals surface area (Å²) in [7, 11) is -3.13. The van der Waals surface area contributed by atoms with Crippen LogP contribution in [0.2, 0.25) is 0 Å². The molecule has 0 N–H and O–H groups in total. The summed E-state index contributed by atoms with van der Waals surface area (Å²) in [6.07, 6.45) is 5.13. The Morgan fingerprint density at radius 1 is 1.06 bits per heavy atom. The fourth-order valence-electron chi connectivity index (χ4n) is 1.63. The Hall–Kier alpha value is -1.68. The van der Waals surface area contributed by atoms with Gasteiger partial charge in [-0.1, -0.05) is 18.2 Å². The molecule has 1 aromatic carbocycles. The first-order chi connectivity index (χ1) is 8.05. The van der Waals surface area contributed by atoms with Gasteiger partial charge in [0.1, 0.15) is 0 Å². The second-order valence-electron chi connectivity index (χ2n) is 3.97. The molecular weight excluding hydrogens is 234 g/mol. The Morgan fingerprint density at radius 3 is 2.41 bits per heavy atom. The Kier molecular flexibility index (Phi) is 3.24. The van der Waals surface area contributed by atoms with Crippen LogP contribution >= 0.6 is 0 Å². The summed E-state index contributed by atoms with van der Waals surface area (Å²) in [4.78, 5) is 0.367. The Bertz CT molecular complexity index is 606. The predicted molar refractivity (Wildman–Crippen MR) is 65.3 cm³/mol. The first kappa shape index (κ1) is 11.8. The topological polar surface area (TPSA) is 38.0 Å². The van der Waals surface area contributed by atoms with E-state index in [0.29, 0.717) is 11.4 Å². The van der Waals surface area contributed by atoms with Gasteiger partial charge >= 0.3 is 0 Å². The van der Waals surface area contributed by atoms with Crippen molar-refractivity contribution in [2.75, 3.05) is 6.26 Å². The number of sulfone groups is 1. The average Bonchev–Trinajstić information content (AvgIpc) is 2.29. The van der Waals surface area contributed by atoms with E-state index in [1.165, 1.54) is 6.26 Å². The highest BCUT2D eigenvalue weighted by Crippen LogP contribution is 2.10. The first-order valence-electron chi connectivity index (χ1n) is 5.29. The quantitative estimate of drug-likeness (QED) is 0.771. The largest absolute Gasteiger partial charge is 0.224 e. The van der Waals surface area contributed by atoms with Crippen molar-refractivity contribution in [2.45, 2.75) is 11.4 Å². The van der Waals surface area contributed by atoms with Crippen molar-refractivity contribution in [3.63, 3.8) is 0 Å². The molecule has 0 spiro atoms. The van der Waals surface area contributed by atoms with Crippen LogP contribution in [0.4, 0.5) is 0 Å². The molecule has 17 heavy (non-hydrogen) atoms. The minimum Gasteiger partial charge on any atom is -0.224 e. The van der Waals surface area contributed by atoms with Crippen molar-refractivity contribution in [1.82, 2.24) is 0 Å². The normalized spacial score (nSPS) is 11.4. The highest BCUT2D eigenvalue weighted by atomic mass is 32.2. The number of benzene rings is 1. The highest BCUT2D eigenvalue weighted by Gasteiger charge is 2.09. The van der Waals surface area contributed by atoms with Gasteiger partial charge in [-0.25, -0.2) is 13.0 Å². The van der Waals surface area contributed by atoms with Crippen LogP contribution in [0.15, 0.2) is 59.8 Å². The van der Waals surface area contributed by atoms with Crippen molar-refractivity contribution in [1.29, 1.82) is 0 Å². The van der Waals surface area contributed by atoms with E-state index in [2.05, 4.69) is 0 Å².